The quantitative estimate of drug-likeness (QED) is 0.890. The van der Waals surface area contributed by atoms with Gasteiger partial charge in [-0.3, -0.25) is 0 Å². The van der Waals surface area contributed by atoms with Crippen LogP contribution in [0.25, 0.3) is 5.83 Å². The molecule has 0 aliphatic heterocycles. The zero-order valence-electron chi connectivity index (χ0n) is 9.87. The van der Waals surface area contributed by atoms with Crippen LogP contribution in [0.5, 0.6) is 0 Å². The third-order valence-corrected chi connectivity index (χ3v) is 2.08. The lowest BCUT2D eigenvalue weighted by Crippen LogP contribution is -2.24. The van der Waals surface area contributed by atoms with E-state index in [0.717, 1.165) is 0 Å². The molecule has 1 rings (SSSR count). The average molecular weight is 250 g/mol. The highest BCUT2D eigenvalue weighted by molar-refractivity contribution is 5.85. The second kappa shape index (κ2) is 6.60. The summed E-state index contributed by atoms with van der Waals surface area (Å²) in [7, 11) is 1.85. The first-order valence-electron chi connectivity index (χ1n) is 4.87. The molecule has 0 amide bonds. The molecule has 0 saturated carbocycles. The molecule has 0 aromatic carbocycles. The van der Waals surface area contributed by atoms with Gasteiger partial charge in [-0.25, -0.2) is 4.39 Å². The van der Waals surface area contributed by atoms with Gasteiger partial charge in [0.1, 0.15) is 0 Å². The van der Waals surface area contributed by atoms with Crippen LogP contribution in [0.15, 0.2) is 10.1 Å². The van der Waals surface area contributed by atoms with Crippen molar-refractivity contribution in [1.82, 2.24) is 15.5 Å². The van der Waals surface area contributed by atoms with Gasteiger partial charge in [-0.15, -0.1) is 12.4 Å². The SMILES string of the molecule is CNC(C)Cc1noc(C(F)=C(C)C)n1.Cl. The number of nitrogens with one attached hydrogen (secondary N) is 1. The minimum absolute atomic E-state index is 0. The summed E-state index contributed by atoms with van der Waals surface area (Å²) in [6.07, 6.45) is 0.621. The Bertz CT molecular complexity index is 361. The number of rotatable bonds is 4. The third-order valence-electron chi connectivity index (χ3n) is 2.08. The molecule has 0 spiro atoms. The van der Waals surface area contributed by atoms with Gasteiger partial charge < -0.3 is 9.84 Å². The van der Waals surface area contributed by atoms with Crippen molar-refractivity contribution in [3.05, 3.63) is 17.3 Å². The Kier molecular flexibility index (Phi) is 6.21. The van der Waals surface area contributed by atoms with Crippen LogP contribution in [-0.2, 0) is 6.42 Å². The van der Waals surface area contributed by atoms with E-state index in [1.165, 1.54) is 0 Å². The van der Waals surface area contributed by atoms with Crippen LogP contribution in [0.4, 0.5) is 4.39 Å². The molecule has 1 N–H and O–H groups in total. The van der Waals surface area contributed by atoms with E-state index in [4.69, 9.17) is 4.52 Å². The van der Waals surface area contributed by atoms with E-state index in [0.29, 0.717) is 17.8 Å². The molecule has 16 heavy (non-hydrogen) atoms. The fourth-order valence-electron chi connectivity index (χ4n) is 1.02. The van der Waals surface area contributed by atoms with E-state index in [2.05, 4.69) is 15.5 Å². The van der Waals surface area contributed by atoms with Gasteiger partial charge in [0.15, 0.2) is 11.7 Å². The van der Waals surface area contributed by atoms with Crippen LogP contribution in [0.2, 0.25) is 0 Å². The van der Waals surface area contributed by atoms with E-state index in [-0.39, 0.29) is 24.3 Å². The van der Waals surface area contributed by atoms with Crippen molar-refractivity contribution in [1.29, 1.82) is 0 Å². The van der Waals surface area contributed by atoms with Crippen molar-refractivity contribution >= 4 is 18.2 Å². The average Bonchev–Trinajstić information content (AvgIpc) is 2.64. The second-order valence-corrected chi connectivity index (χ2v) is 3.72. The first-order valence-corrected chi connectivity index (χ1v) is 4.87. The van der Waals surface area contributed by atoms with Crippen LogP contribution in [0, 0.1) is 0 Å². The summed E-state index contributed by atoms with van der Waals surface area (Å²) in [5, 5.41) is 6.75. The molecule has 4 nitrogen and oxygen atoms in total. The molecule has 0 aliphatic rings. The van der Waals surface area contributed by atoms with Gasteiger partial charge >= 0.3 is 0 Å². The predicted octanol–water partition coefficient (Wildman–Crippen LogP) is 2.36. The molecule has 0 aliphatic carbocycles. The van der Waals surface area contributed by atoms with E-state index in [1.807, 2.05) is 14.0 Å². The minimum Gasteiger partial charge on any atom is -0.331 e. The summed E-state index contributed by atoms with van der Waals surface area (Å²) in [6.45, 7) is 5.32. The largest absolute Gasteiger partial charge is 0.331 e. The van der Waals surface area contributed by atoms with Gasteiger partial charge in [-0.1, -0.05) is 5.16 Å². The van der Waals surface area contributed by atoms with E-state index < -0.39 is 5.83 Å². The number of allylic oxidation sites excluding steroid dienone is 1. The molecule has 92 valence electrons. The molecule has 0 fully saturated rings. The standard InChI is InChI=1S/C10H16FN3O.ClH/c1-6(2)9(11)10-13-8(14-15-10)5-7(3)12-4;/h7,12H,5H2,1-4H3;1H. The van der Waals surface area contributed by atoms with Crippen LogP contribution in [-0.4, -0.2) is 23.2 Å². The first-order chi connectivity index (χ1) is 7.04. The van der Waals surface area contributed by atoms with Crippen LogP contribution >= 0.6 is 12.4 Å². The Morgan fingerprint density at radius 3 is 2.62 bits per heavy atom. The molecule has 0 saturated heterocycles. The molecule has 0 bridgehead atoms. The molecule has 0 radical (unpaired) electrons. The fourth-order valence-corrected chi connectivity index (χ4v) is 1.02. The zero-order chi connectivity index (χ0) is 11.4. The molecule has 1 heterocycles. The van der Waals surface area contributed by atoms with E-state index in [1.54, 1.807) is 13.8 Å². The molecular weight excluding hydrogens is 233 g/mol. The molecule has 1 atom stereocenters. The Morgan fingerprint density at radius 2 is 2.12 bits per heavy atom. The van der Waals surface area contributed by atoms with E-state index >= 15 is 0 Å². The van der Waals surface area contributed by atoms with Gasteiger partial charge in [0.05, 0.1) is 0 Å². The topological polar surface area (TPSA) is 51.0 Å². The Hall–Kier alpha value is -0.940. The Labute approximate surface area is 101 Å². The van der Waals surface area contributed by atoms with Gasteiger partial charge in [-0.2, -0.15) is 4.98 Å². The number of hydrogen-bond acceptors (Lipinski definition) is 4. The maximum Gasteiger partial charge on any atom is 0.286 e. The smallest absolute Gasteiger partial charge is 0.286 e. The lowest BCUT2D eigenvalue weighted by Gasteiger charge is -2.04. The van der Waals surface area contributed by atoms with Crippen LogP contribution < -0.4 is 5.32 Å². The number of likely N-dealkylation sites (N-methyl/N-ethyl adjacent to an activating group) is 1. The van der Waals surface area contributed by atoms with Gasteiger partial charge in [0.2, 0.25) is 0 Å². The summed E-state index contributed by atoms with van der Waals surface area (Å²) in [4.78, 5) is 3.97. The van der Waals surface area contributed by atoms with Crippen LogP contribution in [0.3, 0.4) is 0 Å². The predicted molar refractivity (Wildman–Crippen MR) is 63.1 cm³/mol. The molecule has 6 heteroatoms. The summed E-state index contributed by atoms with van der Waals surface area (Å²) in [6, 6.07) is 0.241. The van der Waals surface area contributed by atoms with Crippen molar-refractivity contribution in [3.8, 4) is 0 Å². The lowest BCUT2D eigenvalue weighted by atomic mass is 10.2. The minimum atomic E-state index is -0.439. The normalized spacial score (nSPS) is 11.8. The van der Waals surface area contributed by atoms with Crippen molar-refractivity contribution in [3.63, 3.8) is 0 Å². The first kappa shape index (κ1) is 15.1. The summed E-state index contributed by atoms with van der Waals surface area (Å²) >= 11 is 0. The van der Waals surface area contributed by atoms with Crippen LogP contribution in [0.1, 0.15) is 32.5 Å². The fraction of sp³-hybridized carbons (Fsp3) is 0.600. The molecule has 1 aromatic heterocycles. The van der Waals surface area contributed by atoms with E-state index in [9.17, 15) is 4.39 Å². The number of hydrogen-bond donors (Lipinski definition) is 1. The maximum absolute atomic E-state index is 13.4. The highest BCUT2D eigenvalue weighted by Gasteiger charge is 2.13. The highest BCUT2D eigenvalue weighted by atomic mass is 35.5. The van der Waals surface area contributed by atoms with Gasteiger partial charge in [0, 0.05) is 12.5 Å². The monoisotopic (exact) mass is 249 g/mol. The zero-order valence-corrected chi connectivity index (χ0v) is 10.7. The molecular formula is C10H17ClFN3O. The van der Waals surface area contributed by atoms with Crippen molar-refractivity contribution < 1.29 is 8.91 Å². The van der Waals surface area contributed by atoms with Crippen molar-refractivity contribution in [2.45, 2.75) is 33.2 Å². The maximum atomic E-state index is 13.4. The number of aromatic nitrogens is 2. The highest BCUT2D eigenvalue weighted by Crippen LogP contribution is 2.17. The van der Waals surface area contributed by atoms with Crippen molar-refractivity contribution in [2.24, 2.45) is 0 Å². The number of nitrogens with zero attached hydrogens (tertiary/aromatic N) is 2. The second-order valence-electron chi connectivity index (χ2n) is 3.72. The van der Waals surface area contributed by atoms with Gasteiger partial charge in [-0.05, 0) is 33.4 Å². The molecule has 1 unspecified atom stereocenters. The summed E-state index contributed by atoms with van der Waals surface area (Å²) in [5.74, 6) is 0.0439. The van der Waals surface area contributed by atoms with Gasteiger partial charge in [0.25, 0.3) is 5.89 Å². The third kappa shape index (κ3) is 3.90. The Balaban J connectivity index is 0.00000225. The van der Waals surface area contributed by atoms with Crippen molar-refractivity contribution in [2.75, 3.05) is 7.05 Å². The summed E-state index contributed by atoms with van der Waals surface area (Å²) < 4.78 is 18.2. The lowest BCUT2D eigenvalue weighted by molar-refractivity contribution is 0.388. The summed E-state index contributed by atoms with van der Waals surface area (Å²) in [5.41, 5.74) is 0.534. The number of halogens is 2. The molecule has 1 aromatic rings. The Morgan fingerprint density at radius 1 is 1.50 bits per heavy atom.